The first-order valence-corrected chi connectivity index (χ1v) is 6.80. The first-order chi connectivity index (χ1) is 9.17. The highest BCUT2D eigenvalue weighted by Crippen LogP contribution is 2.28. The molecule has 19 heavy (non-hydrogen) atoms. The molecule has 1 unspecified atom stereocenters. The van der Waals surface area contributed by atoms with Crippen LogP contribution in [0.4, 0.5) is 0 Å². The number of rotatable bonds is 9. The van der Waals surface area contributed by atoms with E-state index < -0.39 is 0 Å². The third kappa shape index (κ3) is 5.94. The molecule has 1 aromatic rings. The summed E-state index contributed by atoms with van der Waals surface area (Å²) in [6, 6.07) is 6.05. The SMILES string of the molecule is CCCOCCOc1cc(CC(C)N)ccc1OC. The number of methoxy groups -OCH3 is 1. The van der Waals surface area contributed by atoms with Gasteiger partial charge in [-0.05, 0) is 37.5 Å². The van der Waals surface area contributed by atoms with Gasteiger partial charge >= 0.3 is 0 Å². The van der Waals surface area contributed by atoms with Crippen LogP contribution in [-0.4, -0.2) is 33.0 Å². The third-order valence-corrected chi connectivity index (χ3v) is 2.62. The summed E-state index contributed by atoms with van der Waals surface area (Å²) < 4.78 is 16.4. The smallest absolute Gasteiger partial charge is 0.161 e. The fourth-order valence-electron chi connectivity index (χ4n) is 1.79. The van der Waals surface area contributed by atoms with Crippen LogP contribution in [0.5, 0.6) is 11.5 Å². The van der Waals surface area contributed by atoms with Gasteiger partial charge in [0.25, 0.3) is 0 Å². The minimum absolute atomic E-state index is 0.133. The van der Waals surface area contributed by atoms with E-state index in [1.807, 2.05) is 25.1 Å². The lowest BCUT2D eigenvalue weighted by Crippen LogP contribution is -2.17. The second-order valence-corrected chi connectivity index (χ2v) is 4.63. The average molecular weight is 267 g/mol. The fraction of sp³-hybridized carbons (Fsp3) is 0.600. The maximum atomic E-state index is 5.81. The average Bonchev–Trinajstić information content (AvgIpc) is 2.38. The van der Waals surface area contributed by atoms with Crippen molar-refractivity contribution in [2.24, 2.45) is 5.73 Å². The first kappa shape index (κ1) is 15.8. The fourth-order valence-corrected chi connectivity index (χ4v) is 1.79. The number of hydrogen-bond donors (Lipinski definition) is 1. The summed E-state index contributed by atoms with van der Waals surface area (Å²) in [5.41, 5.74) is 6.96. The zero-order valence-electron chi connectivity index (χ0n) is 12.1. The molecule has 0 saturated carbocycles. The summed E-state index contributed by atoms with van der Waals surface area (Å²) in [7, 11) is 1.64. The zero-order valence-corrected chi connectivity index (χ0v) is 12.1. The topological polar surface area (TPSA) is 53.7 Å². The third-order valence-electron chi connectivity index (χ3n) is 2.62. The van der Waals surface area contributed by atoms with Crippen molar-refractivity contribution < 1.29 is 14.2 Å². The van der Waals surface area contributed by atoms with Gasteiger partial charge in [-0.3, -0.25) is 0 Å². The molecule has 0 spiro atoms. The van der Waals surface area contributed by atoms with Gasteiger partial charge in [0.2, 0.25) is 0 Å². The van der Waals surface area contributed by atoms with Gasteiger partial charge in [-0.25, -0.2) is 0 Å². The molecule has 1 atom stereocenters. The van der Waals surface area contributed by atoms with E-state index in [1.54, 1.807) is 7.11 Å². The van der Waals surface area contributed by atoms with Gasteiger partial charge in [0.1, 0.15) is 6.61 Å². The summed E-state index contributed by atoms with van der Waals surface area (Å²) in [5, 5.41) is 0. The molecule has 0 radical (unpaired) electrons. The second-order valence-electron chi connectivity index (χ2n) is 4.63. The van der Waals surface area contributed by atoms with Crippen molar-refractivity contribution in [3.05, 3.63) is 23.8 Å². The summed E-state index contributed by atoms with van der Waals surface area (Å²) in [5.74, 6) is 1.49. The van der Waals surface area contributed by atoms with Crippen molar-refractivity contribution in [1.82, 2.24) is 0 Å². The van der Waals surface area contributed by atoms with Crippen molar-refractivity contribution in [1.29, 1.82) is 0 Å². The lowest BCUT2D eigenvalue weighted by Gasteiger charge is -2.13. The van der Waals surface area contributed by atoms with E-state index in [0.717, 1.165) is 36.5 Å². The molecule has 4 nitrogen and oxygen atoms in total. The molecule has 0 heterocycles. The molecule has 1 aromatic carbocycles. The molecular formula is C15H25NO3. The molecule has 0 aliphatic rings. The minimum Gasteiger partial charge on any atom is -0.493 e. The summed E-state index contributed by atoms with van der Waals surface area (Å²) in [6.07, 6.45) is 1.85. The van der Waals surface area contributed by atoms with Gasteiger partial charge in [0.15, 0.2) is 11.5 Å². The predicted octanol–water partition coefficient (Wildman–Crippen LogP) is 2.39. The van der Waals surface area contributed by atoms with Gasteiger partial charge in [0, 0.05) is 12.6 Å². The molecule has 0 fully saturated rings. The normalized spacial score (nSPS) is 12.2. The Labute approximate surface area is 115 Å². The molecule has 0 saturated heterocycles. The quantitative estimate of drug-likeness (QED) is 0.698. The van der Waals surface area contributed by atoms with Crippen LogP contribution >= 0.6 is 0 Å². The Balaban J connectivity index is 2.57. The molecule has 0 aliphatic carbocycles. The molecular weight excluding hydrogens is 242 g/mol. The van der Waals surface area contributed by atoms with Crippen LogP contribution in [0, 0.1) is 0 Å². The van der Waals surface area contributed by atoms with Crippen LogP contribution in [-0.2, 0) is 11.2 Å². The van der Waals surface area contributed by atoms with Crippen LogP contribution in [0.3, 0.4) is 0 Å². The van der Waals surface area contributed by atoms with E-state index in [2.05, 4.69) is 6.92 Å². The summed E-state index contributed by atoms with van der Waals surface area (Å²) >= 11 is 0. The van der Waals surface area contributed by atoms with Crippen molar-refractivity contribution in [3.63, 3.8) is 0 Å². The Hall–Kier alpha value is -1.26. The summed E-state index contributed by atoms with van der Waals surface area (Å²) in [4.78, 5) is 0. The monoisotopic (exact) mass is 267 g/mol. The maximum absolute atomic E-state index is 5.81. The highest BCUT2D eigenvalue weighted by atomic mass is 16.5. The molecule has 4 heteroatoms. The standard InChI is InChI=1S/C15H25NO3/c1-4-7-18-8-9-19-15-11-13(10-12(2)16)5-6-14(15)17-3/h5-6,11-12H,4,7-10,16H2,1-3H3. The Kier molecular flexibility index (Phi) is 7.30. The molecule has 108 valence electrons. The Morgan fingerprint density at radius 2 is 1.95 bits per heavy atom. The molecule has 0 amide bonds. The van der Waals surface area contributed by atoms with Gasteiger partial charge in [0.05, 0.1) is 13.7 Å². The van der Waals surface area contributed by atoms with E-state index in [-0.39, 0.29) is 6.04 Å². The van der Waals surface area contributed by atoms with Gasteiger partial charge in [-0.15, -0.1) is 0 Å². The lowest BCUT2D eigenvalue weighted by molar-refractivity contribution is 0.0995. The Bertz CT molecular complexity index is 366. The van der Waals surface area contributed by atoms with Crippen LogP contribution in [0.25, 0.3) is 0 Å². The highest BCUT2D eigenvalue weighted by Gasteiger charge is 2.07. The largest absolute Gasteiger partial charge is 0.493 e. The van der Waals surface area contributed by atoms with Crippen LogP contribution < -0.4 is 15.2 Å². The van der Waals surface area contributed by atoms with Gasteiger partial charge < -0.3 is 19.9 Å². The van der Waals surface area contributed by atoms with Crippen LogP contribution in [0.1, 0.15) is 25.8 Å². The number of nitrogens with two attached hydrogens (primary N) is 1. The van der Waals surface area contributed by atoms with E-state index in [0.29, 0.717) is 13.2 Å². The van der Waals surface area contributed by atoms with E-state index in [1.165, 1.54) is 0 Å². The molecule has 1 rings (SSSR count). The summed E-state index contributed by atoms with van der Waals surface area (Å²) in [6.45, 7) is 5.96. The van der Waals surface area contributed by atoms with Crippen LogP contribution in [0.2, 0.25) is 0 Å². The number of benzene rings is 1. The molecule has 0 bridgehead atoms. The van der Waals surface area contributed by atoms with Crippen LogP contribution in [0.15, 0.2) is 18.2 Å². The maximum Gasteiger partial charge on any atom is 0.161 e. The zero-order chi connectivity index (χ0) is 14.1. The molecule has 0 aliphatic heterocycles. The van der Waals surface area contributed by atoms with E-state index >= 15 is 0 Å². The lowest BCUT2D eigenvalue weighted by atomic mass is 10.1. The van der Waals surface area contributed by atoms with Crippen molar-refractivity contribution in [2.45, 2.75) is 32.7 Å². The van der Waals surface area contributed by atoms with E-state index in [9.17, 15) is 0 Å². The Morgan fingerprint density at radius 3 is 2.58 bits per heavy atom. The Morgan fingerprint density at radius 1 is 1.16 bits per heavy atom. The number of hydrogen-bond acceptors (Lipinski definition) is 4. The predicted molar refractivity (Wildman–Crippen MR) is 77.0 cm³/mol. The van der Waals surface area contributed by atoms with Crippen molar-refractivity contribution in [3.8, 4) is 11.5 Å². The van der Waals surface area contributed by atoms with Crippen molar-refractivity contribution in [2.75, 3.05) is 26.9 Å². The second kappa shape index (κ2) is 8.77. The van der Waals surface area contributed by atoms with Gasteiger partial charge in [-0.1, -0.05) is 13.0 Å². The molecule has 2 N–H and O–H groups in total. The van der Waals surface area contributed by atoms with Crippen molar-refractivity contribution >= 4 is 0 Å². The van der Waals surface area contributed by atoms with Gasteiger partial charge in [-0.2, -0.15) is 0 Å². The first-order valence-electron chi connectivity index (χ1n) is 6.80. The molecule has 0 aromatic heterocycles. The minimum atomic E-state index is 0.133. The van der Waals surface area contributed by atoms with E-state index in [4.69, 9.17) is 19.9 Å². The highest BCUT2D eigenvalue weighted by molar-refractivity contribution is 5.43. The number of ether oxygens (including phenoxy) is 3.